The molecule has 2 N–H and O–H groups in total. The summed E-state index contributed by atoms with van der Waals surface area (Å²) in [5.41, 5.74) is 0. The van der Waals surface area contributed by atoms with Crippen LogP contribution < -0.4 is 5.32 Å². The van der Waals surface area contributed by atoms with E-state index in [4.69, 9.17) is 4.74 Å². The SMILES string of the molecule is COCC(=O)N1C[C@H]2C[C@@H]3N[C@H](C2)[C@H]1[C@H]3O. The fourth-order valence-electron chi connectivity index (χ4n) is 3.60. The molecule has 3 saturated heterocycles. The normalized spacial score (nSPS) is 45.1. The lowest BCUT2D eigenvalue weighted by Crippen LogP contribution is -2.57. The van der Waals surface area contributed by atoms with Crippen LogP contribution in [0.4, 0.5) is 0 Å². The lowest BCUT2D eigenvalue weighted by Gasteiger charge is -2.42. The molecule has 3 rings (SSSR count). The van der Waals surface area contributed by atoms with Crippen molar-refractivity contribution in [1.82, 2.24) is 10.2 Å². The molecule has 90 valence electrons. The largest absolute Gasteiger partial charge is 0.389 e. The molecular formula is C11H18N2O3. The van der Waals surface area contributed by atoms with Crippen LogP contribution in [0.5, 0.6) is 0 Å². The number of methoxy groups -OCH3 is 1. The second-order valence-electron chi connectivity index (χ2n) is 5.18. The summed E-state index contributed by atoms with van der Waals surface area (Å²) < 4.78 is 4.90. The molecule has 1 amide bonds. The van der Waals surface area contributed by atoms with Gasteiger partial charge in [-0.05, 0) is 18.8 Å². The van der Waals surface area contributed by atoms with Crippen molar-refractivity contribution in [1.29, 1.82) is 0 Å². The van der Waals surface area contributed by atoms with Crippen LogP contribution in [-0.2, 0) is 9.53 Å². The molecule has 0 radical (unpaired) electrons. The molecular weight excluding hydrogens is 208 g/mol. The average molecular weight is 226 g/mol. The third kappa shape index (κ3) is 1.38. The summed E-state index contributed by atoms with van der Waals surface area (Å²) in [4.78, 5) is 13.7. The molecule has 5 nitrogen and oxygen atoms in total. The van der Waals surface area contributed by atoms with Gasteiger partial charge in [-0.15, -0.1) is 0 Å². The summed E-state index contributed by atoms with van der Waals surface area (Å²) in [6.07, 6.45) is 1.68. The van der Waals surface area contributed by atoms with Gasteiger partial charge in [-0.25, -0.2) is 0 Å². The first-order chi connectivity index (χ1) is 7.70. The minimum absolute atomic E-state index is 0.00519. The number of nitrogens with one attached hydrogen (secondary N) is 1. The molecule has 3 aliphatic heterocycles. The Bertz CT molecular complexity index is 306. The third-order valence-corrected chi connectivity index (χ3v) is 4.18. The first-order valence-corrected chi connectivity index (χ1v) is 5.93. The Hall–Kier alpha value is -0.650. The van der Waals surface area contributed by atoms with Gasteiger partial charge in [0.25, 0.3) is 0 Å². The molecule has 16 heavy (non-hydrogen) atoms. The number of amides is 1. The van der Waals surface area contributed by atoms with Crippen molar-refractivity contribution < 1.29 is 14.6 Å². The maximum absolute atomic E-state index is 11.9. The molecule has 3 bridgehead atoms. The highest BCUT2D eigenvalue weighted by molar-refractivity contribution is 5.78. The Kier molecular flexibility index (Phi) is 2.42. The Morgan fingerprint density at radius 3 is 3.00 bits per heavy atom. The maximum atomic E-state index is 11.9. The van der Waals surface area contributed by atoms with Crippen molar-refractivity contribution in [3.63, 3.8) is 0 Å². The zero-order valence-electron chi connectivity index (χ0n) is 9.43. The van der Waals surface area contributed by atoms with Gasteiger partial charge in [0, 0.05) is 25.7 Å². The Morgan fingerprint density at radius 2 is 2.25 bits per heavy atom. The molecule has 3 heterocycles. The molecule has 3 fully saturated rings. The van der Waals surface area contributed by atoms with Crippen LogP contribution in [0, 0.1) is 5.92 Å². The minimum atomic E-state index is -0.404. The molecule has 0 aromatic rings. The summed E-state index contributed by atoms with van der Waals surface area (Å²) in [7, 11) is 1.53. The minimum Gasteiger partial charge on any atom is -0.389 e. The first kappa shape index (κ1) is 10.5. The zero-order valence-corrected chi connectivity index (χ0v) is 9.43. The van der Waals surface area contributed by atoms with E-state index in [9.17, 15) is 9.90 Å². The van der Waals surface area contributed by atoms with Crippen LogP contribution in [0.3, 0.4) is 0 Å². The van der Waals surface area contributed by atoms with E-state index in [2.05, 4.69) is 5.32 Å². The fourth-order valence-corrected chi connectivity index (χ4v) is 3.60. The predicted octanol–water partition coefficient (Wildman–Crippen LogP) is -1.05. The summed E-state index contributed by atoms with van der Waals surface area (Å²) >= 11 is 0. The fraction of sp³-hybridized carbons (Fsp3) is 0.909. The third-order valence-electron chi connectivity index (χ3n) is 4.18. The second kappa shape index (κ2) is 3.68. The number of ether oxygens (including phenoxy) is 1. The van der Waals surface area contributed by atoms with Gasteiger partial charge in [0.2, 0.25) is 5.91 Å². The lowest BCUT2D eigenvalue weighted by atomic mass is 9.88. The molecule has 0 aromatic carbocycles. The highest BCUT2D eigenvalue weighted by Crippen LogP contribution is 2.39. The lowest BCUT2D eigenvalue weighted by molar-refractivity contribution is -0.142. The van der Waals surface area contributed by atoms with Gasteiger partial charge in [0.15, 0.2) is 0 Å². The number of aliphatic hydroxyl groups is 1. The van der Waals surface area contributed by atoms with Crippen molar-refractivity contribution >= 4 is 5.91 Å². The molecule has 0 aromatic heterocycles. The van der Waals surface area contributed by atoms with Crippen molar-refractivity contribution in [3.05, 3.63) is 0 Å². The van der Waals surface area contributed by atoms with E-state index in [0.717, 1.165) is 19.4 Å². The smallest absolute Gasteiger partial charge is 0.248 e. The second-order valence-corrected chi connectivity index (χ2v) is 5.18. The molecule has 0 aliphatic carbocycles. The number of carbonyl (C=O) groups excluding carboxylic acids is 1. The van der Waals surface area contributed by atoms with E-state index >= 15 is 0 Å². The van der Waals surface area contributed by atoms with Crippen molar-refractivity contribution in [2.45, 2.75) is 37.1 Å². The number of hydrogen-bond donors (Lipinski definition) is 2. The molecule has 0 unspecified atom stereocenters. The van der Waals surface area contributed by atoms with E-state index < -0.39 is 6.10 Å². The Morgan fingerprint density at radius 1 is 1.50 bits per heavy atom. The van der Waals surface area contributed by atoms with Gasteiger partial charge in [0.05, 0.1) is 12.1 Å². The number of piperidine rings is 2. The number of fused-ring (bicyclic) bond motifs is 2. The van der Waals surface area contributed by atoms with Gasteiger partial charge in [-0.3, -0.25) is 4.79 Å². The Labute approximate surface area is 94.8 Å². The van der Waals surface area contributed by atoms with Gasteiger partial charge in [-0.2, -0.15) is 0 Å². The molecule has 0 saturated carbocycles. The van der Waals surface area contributed by atoms with Gasteiger partial charge in [-0.1, -0.05) is 0 Å². The van der Waals surface area contributed by atoms with E-state index in [1.807, 2.05) is 4.90 Å². The van der Waals surface area contributed by atoms with Crippen molar-refractivity contribution in [2.24, 2.45) is 5.92 Å². The van der Waals surface area contributed by atoms with E-state index in [-0.39, 0.29) is 30.6 Å². The molecule has 5 heteroatoms. The topological polar surface area (TPSA) is 61.8 Å². The van der Waals surface area contributed by atoms with Crippen molar-refractivity contribution in [3.8, 4) is 0 Å². The van der Waals surface area contributed by atoms with Gasteiger partial charge >= 0.3 is 0 Å². The first-order valence-electron chi connectivity index (χ1n) is 5.93. The van der Waals surface area contributed by atoms with Crippen LogP contribution in [-0.4, -0.2) is 60.4 Å². The van der Waals surface area contributed by atoms with E-state index in [1.165, 1.54) is 7.11 Å². The van der Waals surface area contributed by atoms with Crippen LogP contribution in [0.1, 0.15) is 12.8 Å². The number of nitrogens with zero attached hydrogens (tertiary/aromatic N) is 1. The van der Waals surface area contributed by atoms with Crippen molar-refractivity contribution in [2.75, 3.05) is 20.3 Å². The van der Waals surface area contributed by atoms with Crippen LogP contribution in [0.25, 0.3) is 0 Å². The average Bonchev–Trinajstić information content (AvgIpc) is 2.41. The number of likely N-dealkylation sites (tertiary alicyclic amines) is 1. The standard InChI is InChI=1S/C11H18N2O3/c1-16-5-9(14)13-4-6-2-7-10(13)11(15)8(3-6)12-7/h6-8,10-12,15H,2-5H2,1H3/t6-,7-,8+,10+,11+/m1/s1. The molecule has 0 spiro atoms. The van der Waals surface area contributed by atoms with Crippen LogP contribution in [0.15, 0.2) is 0 Å². The van der Waals surface area contributed by atoms with Crippen LogP contribution >= 0.6 is 0 Å². The quantitative estimate of drug-likeness (QED) is 0.631. The Balaban J connectivity index is 1.83. The summed E-state index contributed by atoms with van der Waals surface area (Å²) in [5, 5.41) is 13.6. The maximum Gasteiger partial charge on any atom is 0.248 e. The molecule has 5 atom stereocenters. The summed E-state index contributed by atoms with van der Waals surface area (Å²) in [6, 6.07) is 0.439. The molecule has 3 aliphatic rings. The van der Waals surface area contributed by atoms with E-state index in [1.54, 1.807) is 0 Å². The highest BCUT2D eigenvalue weighted by Gasteiger charge is 2.54. The van der Waals surface area contributed by atoms with Crippen LogP contribution in [0.2, 0.25) is 0 Å². The summed E-state index contributed by atoms with van der Waals surface area (Å²) in [5.74, 6) is 0.552. The predicted molar refractivity (Wildman–Crippen MR) is 56.8 cm³/mol. The summed E-state index contributed by atoms with van der Waals surface area (Å²) in [6.45, 7) is 0.909. The van der Waals surface area contributed by atoms with E-state index in [0.29, 0.717) is 5.92 Å². The van der Waals surface area contributed by atoms with Gasteiger partial charge < -0.3 is 20.1 Å². The monoisotopic (exact) mass is 226 g/mol. The number of aliphatic hydroxyl groups excluding tert-OH is 1. The van der Waals surface area contributed by atoms with Gasteiger partial charge in [0.1, 0.15) is 6.61 Å². The number of hydrogen-bond acceptors (Lipinski definition) is 4. The highest BCUT2D eigenvalue weighted by atomic mass is 16.5. The zero-order chi connectivity index (χ0) is 11.3. The number of rotatable bonds is 2. The number of carbonyl (C=O) groups is 1.